The molecule has 2 N–H and O–H groups in total. The first-order valence-electron chi connectivity index (χ1n) is 7.27. The zero-order valence-corrected chi connectivity index (χ0v) is 11.7. The van der Waals surface area contributed by atoms with Gasteiger partial charge in [0.25, 0.3) is 0 Å². The zero-order valence-electron chi connectivity index (χ0n) is 11.7. The molecule has 0 saturated heterocycles. The van der Waals surface area contributed by atoms with Gasteiger partial charge in [-0.3, -0.25) is 0 Å². The van der Waals surface area contributed by atoms with Gasteiger partial charge in [0.2, 0.25) is 11.9 Å². The van der Waals surface area contributed by atoms with E-state index in [1.54, 1.807) is 0 Å². The van der Waals surface area contributed by atoms with E-state index in [1.165, 1.54) is 0 Å². The fourth-order valence-corrected chi connectivity index (χ4v) is 2.56. The van der Waals surface area contributed by atoms with Crippen LogP contribution in [0, 0.1) is 0 Å². The van der Waals surface area contributed by atoms with E-state index in [1.807, 2.05) is 18.2 Å². The third kappa shape index (κ3) is 2.49. The van der Waals surface area contributed by atoms with E-state index in [9.17, 15) is 0 Å². The summed E-state index contributed by atoms with van der Waals surface area (Å²) < 4.78 is 5.78. The number of hydrogen-bond acceptors (Lipinski definition) is 6. The fourth-order valence-electron chi connectivity index (χ4n) is 2.56. The molecule has 108 valence electrons. The number of nitrogens with zero attached hydrogens (tertiary/aromatic N) is 4. The predicted molar refractivity (Wildman–Crippen MR) is 79.2 cm³/mol. The minimum Gasteiger partial charge on any atom is -0.491 e. The highest BCUT2D eigenvalue weighted by Gasteiger charge is 2.28. The zero-order chi connectivity index (χ0) is 14.2. The van der Waals surface area contributed by atoms with Crippen molar-refractivity contribution in [3.63, 3.8) is 0 Å². The topological polar surface area (TPSA) is 77.2 Å². The molecule has 4 rings (SSSR count). The number of ether oxygens (including phenoxy) is 1. The Hall–Kier alpha value is -2.37. The average Bonchev–Trinajstić information content (AvgIpc) is 3.32. The molecule has 2 heterocycles. The second-order valence-corrected chi connectivity index (χ2v) is 5.50. The highest BCUT2D eigenvalue weighted by Crippen LogP contribution is 2.38. The lowest BCUT2D eigenvalue weighted by Crippen LogP contribution is -2.28. The number of para-hydroxylation sites is 1. The van der Waals surface area contributed by atoms with Crippen molar-refractivity contribution in [1.82, 2.24) is 15.0 Å². The molecule has 2 aliphatic rings. The van der Waals surface area contributed by atoms with Crippen molar-refractivity contribution in [2.75, 3.05) is 23.8 Å². The molecule has 1 saturated carbocycles. The summed E-state index contributed by atoms with van der Waals surface area (Å²) in [6, 6.07) is 8.07. The first-order valence-corrected chi connectivity index (χ1v) is 7.27. The number of nitrogen functional groups attached to an aromatic ring is 1. The van der Waals surface area contributed by atoms with Gasteiger partial charge in [-0.25, -0.2) is 0 Å². The molecule has 21 heavy (non-hydrogen) atoms. The van der Waals surface area contributed by atoms with E-state index in [-0.39, 0.29) is 0 Å². The summed E-state index contributed by atoms with van der Waals surface area (Å²) in [7, 11) is 0. The van der Waals surface area contributed by atoms with Crippen LogP contribution in [-0.4, -0.2) is 28.1 Å². The number of rotatable bonds is 2. The minimum absolute atomic E-state index is 0.306. The molecule has 1 aliphatic heterocycles. The van der Waals surface area contributed by atoms with Crippen LogP contribution >= 0.6 is 0 Å². The molecule has 0 spiro atoms. The Balaban J connectivity index is 1.67. The molecule has 1 aromatic heterocycles. The molecule has 1 fully saturated rings. The second-order valence-electron chi connectivity index (χ2n) is 5.50. The molecule has 0 bridgehead atoms. The fraction of sp³-hybridized carbons (Fsp3) is 0.400. The Labute approximate surface area is 123 Å². The SMILES string of the molecule is Nc1nc(C2CC2)nc(N2CCOc3ccccc3C2)n1. The number of nitrogens with two attached hydrogens (primary N) is 1. The molecule has 0 unspecified atom stereocenters. The Kier molecular flexibility index (Phi) is 2.87. The standard InChI is InChI=1S/C15H17N5O/c16-14-17-13(10-5-6-10)18-15(19-14)20-7-8-21-12-4-2-1-3-11(12)9-20/h1-4,10H,5-9H2,(H2,16,17,18,19). The predicted octanol–water partition coefficient (Wildman–Crippen LogP) is 1.73. The van der Waals surface area contributed by atoms with Crippen molar-refractivity contribution >= 4 is 11.9 Å². The Morgan fingerprint density at radius 2 is 2.00 bits per heavy atom. The smallest absolute Gasteiger partial charge is 0.230 e. The maximum atomic E-state index is 5.85. The van der Waals surface area contributed by atoms with Gasteiger partial charge in [-0.05, 0) is 18.9 Å². The van der Waals surface area contributed by atoms with Crippen LogP contribution in [0.2, 0.25) is 0 Å². The van der Waals surface area contributed by atoms with Gasteiger partial charge >= 0.3 is 0 Å². The van der Waals surface area contributed by atoms with E-state index < -0.39 is 0 Å². The van der Waals surface area contributed by atoms with Gasteiger partial charge in [0, 0.05) is 18.0 Å². The van der Waals surface area contributed by atoms with Gasteiger partial charge < -0.3 is 15.4 Å². The van der Waals surface area contributed by atoms with Crippen molar-refractivity contribution in [2.24, 2.45) is 0 Å². The van der Waals surface area contributed by atoms with Crippen LogP contribution in [0.25, 0.3) is 0 Å². The van der Waals surface area contributed by atoms with Crippen LogP contribution in [0.1, 0.15) is 30.1 Å². The van der Waals surface area contributed by atoms with Gasteiger partial charge in [0.05, 0.1) is 6.54 Å². The lowest BCUT2D eigenvalue weighted by Gasteiger charge is -2.20. The van der Waals surface area contributed by atoms with Crippen LogP contribution in [0.5, 0.6) is 5.75 Å². The van der Waals surface area contributed by atoms with Gasteiger partial charge in [0.1, 0.15) is 18.2 Å². The molecule has 2 aromatic rings. The van der Waals surface area contributed by atoms with Crippen LogP contribution in [0.3, 0.4) is 0 Å². The van der Waals surface area contributed by atoms with E-state index >= 15 is 0 Å². The Bertz CT molecular complexity index is 671. The Morgan fingerprint density at radius 1 is 1.14 bits per heavy atom. The summed E-state index contributed by atoms with van der Waals surface area (Å²) in [5, 5.41) is 0. The van der Waals surface area contributed by atoms with E-state index in [0.717, 1.165) is 43.1 Å². The lowest BCUT2D eigenvalue weighted by molar-refractivity contribution is 0.331. The summed E-state index contributed by atoms with van der Waals surface area (Å²) in [6.07, 6.45) is 2.30. The third-order valence-electron chi connectivity index (χ3n) is 3.84. The maximum Gasteiger partial charge on any atom is 0.230 e. The molecule has 0 radical (unpaired) electrons. The van der Waals surface area contributed by atoms with Crippen molar-refractivity contribution < 1.29 is 4.74 Å². The van der Waals surface area contributed by atoms with E-state index in [0.29, 0.717) is 24.4 Å². The molecular formula is C15H17N5O. The summed E-state index contributed by atoms with van der Waals surface area (Å²) >= 11 is 0. The highest BCUT2D eigenvalue weighted by molar-refractivity contribution is 5.42. The summed E-state index contributed by atoms with van der Waals surface area (Å²) in [5.74, 6) is 3.19. The van der Waals surface area contributed by atoms with Crippen LogP contribution in [0.4, 0.5) is 11.9 Å². The Morgan fingerprint density at radius 3 is 2.86 bits per heavy atom. The van der Waals surface area contributed by atoms with Gasteiger partial charge in [-0.2, -0.15) is 15.0 Å². The first kappa shape index (κ1) is 12.4. The van der Waals surface area contributed by atoms with Gasteiger partial charge in [-0.15, -0.1) is 0 Å². The molecule has 6 nitrogen and oxygen atoms in total. The van der Waals surface area contributed by atoms with Crippen molar-refractivity contribution in [1.29, 1.82) is 0 Å². The quantitative estimate of drug-likeness (QED) is 0.904. The molecule has 6 heteroatoms. The largest absolute Gasteiger partial charge is 0.491 e. The summed E-state index contributed by atoms with van der Waals surface area (Å²) in [4.78, 5) is 15.3. The third-order valence-corrected chi connectivity index (χ3v) is 3.84. The second kappa shape index (κ2) is 4.87. The molecular weight excluding hydrogens is 266 g/mol. The number of anilines is 2. The summed E-state index contributed by atoms with van der Waals surface area (Å²) in [6.45, 7) is 2.08. The van der Waals surface area contributed by atoms with Crippen LogP contribution in [0.15, 0.2) is 24.3 Å². The molecule has 0 atom stereocenters. The minimum atomic E-state index is 0.306. The van der Waals surface area contributed by atoms with Crippen molar-refractivity contribution in [2.45, 2.75) is 25.3 Å². The maximum absolute atomic E-state index is 5.85. The number of aromatic nitrogens is 3. The number of fused-ring (bicyclic) bond motifs is 1. The molecule has 1 aliphatic carbocycles. The molecule has 1 aromatic carbocycles. The summed E-state index contributed by atoms with van der Waals surface area (Å²) in [5.41, 5.74) is 6.99. The van der Waals surface area contributed by atoms with Gasteiger partial charge in [-0.1, -0.05) is 18.2 Å². The van der Waals surface area contributed by atoms with Crippen LogP contribution in [-0.2, 0) is 6.54 Å². The van der Waals surface area contributed by atoms with E-state index in [4.69, 9.17) is 10.5 Å². The lowest BCUT2D eigenvalue weighted by atomic mass is 10.2. The van der Waals surface area contributed by atoms with Crippen molar-refractivity contribution in [3.05, 3.63) is 35.7 Å². The monoisotopic (exact) mass is 283 g/mol. The molecule has 0 amide bonds. The number of hydrogen-bond donors (Lipinski definition) is 1. The number of benzene rings is 1. The van der Waals surface area contributed by atoms with Crippen molar-refractivity contribution in [3.8, 4) is 5.75 Å². The first-order chi connectivity index (χ1) is 10.3. The highest BCUT2D eigenvalue weighted by atomic mass is 16.5. The normalized spacial score (nSPS) is 17.8. The van der Waals surface area contributed by atoms with Crippen LogP contribution < -0.4 is 15.4 Å². The average molecular weight is 283 g/mol. The van der Waals surface area contributed by atoms with Gasteiger partial charge in [0.15, 0.2) is 0 Å². The van der Waals surface area contributed by atoms with E-state index in [2.05, 4.69) is 25.9 Å².